The van der Waals surface area contributed by atoms with Gasteiger partial charge in [-0.2, -0.15) is 9.61 Å². The summed E-state index contributed by atoms with van der Waals surface area (Å²) in [5.74, 6) is 0.300. The summed E-state index contributed by atoms with van der Waals surface area (Å²) >= 11 is 0. The van der Waals surface area contributed by atoms with E-state index >= 15 is 0 Å². The summed E-state index contributed by atoms with van der Waals surface area (Å²) in [6, 6.07) is 5.89. The molecule has 2 N–H and O–H groups in total. The number of anilines is 1. The number of hydrogen-bond acceptors (Lipinski definition) is 8. The maximum atomic E-state index is 14.1. The lowest BCUT2D eigenvalue weighted by atomic mass is 10.0. The Balaban J connectivity index is 1.54. The molecule has 0 fully saturated rings. The fourth-order valence-electron chi connectivity index (χ4n) is 3.66. The van der Waals surface area contributed by atoms with Crippen molar-refractivity contribution in [3.8, 4) is 5.75 Å². The van der Waals surface area contributed by atoms with Crippen LogP contribution in [0.2, 0.25) is 0 Å². The van der Waals surface area contributed by atoms with Crippen LogP contribution in [0.5, 0.6) is 5.75 Å². The minimum absolute atomic E-state index is 0.0303. The van der Waals surface area contributed by atoms with Crippen LogP contribution in [-0.4, -0.2) is 60.8 Å². The predicted molar refractivity (Wildman–Crippen MR) is 120 cm³/mol. The van der Waals surface area contributed by atoms with E-state index in [1.54, 1.807) is 24.1 Å². The van der Waals surface area contributed by atoms with Crippen molar-refractivity contribution in [2.75, 3.05) is 19.9 Å². The number of hydrogen-bond donors (Lipinski definition) is 1. The summed E-state index contributed by atoms with van der Waals surface area (Å²) in [4.78, 5) is 23.2. The average molecular weight is 452 g/mol. The minimum atomic E-state index is -0.463. The molecule has 0 aliphatic carbocycles. The topological polar surface area (TPSA) is 124 Å². The summed E-state index contributed by atoms with van der Waals surface area (Å²) < 4.78 is 20.8. The molecule has 10 nitrogen and oxygen atoms in total. The normalized spacial score (nSPS) is 13.2. The van der Waals surface area contributed by atoms with E-state index in [1.807, 2.05) is 13.8 Å². The van der Waals surface area contributed by atoms with Gasteiger partial charge < -0.3 is 15.4 Å². The summed E-state index contributed by atoms with van der Waals surface area (Å²) in [5, 5.41) is 12.6. The highest BCUT2D eigenvalue weighted by Gasteiger charge is 2.22. The standard InChI is InChI=1S/C22H25FN8O2/c1-12(7-8-13(2)30(3)21(32)16-6-5-9-25-28-16)19-27-20-15-10-14(23)11-17(33-4)18(15)26-22(24)31(20)29-19/h5-6,9-13H,7-8H2,1-4H3,(H2,24,26)/t12-,13-/m0/s1. The second-order valence-corrected chi connectivity index (χ2v) is 8.03. The van der Waals surface area contributed by atoms with Gasteiger partial charge in [-0.3, -0.25) is 4.79 Å². The van der Waals surface area contributed by atoms with E-state index in [0.717, 1.165) is 12.8 Å². The number of amides is 1. The van der Waals surface area contributed by atoms with Crippen LogP contribution < -0.4 is 10.5 Å². The number of methoxy groups -OCH3 is 1. The molecule has 4 aromatic rings. The van der Waals surface area contributed by atoms with Gasteiger partial charge in [-0.25, -0.2) is 14.4 Å². The van der Waals surface area contributed by atoms with Crippen molar-refractivity contribution in [3.63, 3.8) is 0 Å². The molecule has 33 heavy (non-hydrogen) atoms. The zero-order chi connectivity index (χ0) is 23.7. The van der Waals surface area contributed by atoms with Crippen molar-refractivity contribution in [3.05, 3.63) is 47.8 Å². The number of nitrogens with two attached hydrogens (primary N) is 1. The Morgan fingerprint density at radius 2 is 2.06 bits per heavy atom. The molecule has 11 heteroatoms. The van der Waals surface area contributed by atoms with Crippen molar-refractivity contribution < 1.29 is 13.9 Å². The summed E-state index contributed by atoms with van der Waals surface area (Å²) in [6.07, 6.45) is 2.97. The van der Waals surface area contributed by atoms with Crippen molar-refractivity contribution in [1.82, 2.24) is 34.7 Å². The molecule has 1 aromatic carbocycles. The second-order valence-electron chi connectivity index (χ2n) is 8.03. The van der Waals surface area contributed by atoms with Crippen LogP contribution in [0.15, 0.2) is 30.5 Å². The molecule has 0 unspecified atom stereocenters. The summed E-state index contributed by atoms with van der Waals surface area (Å²) in [5.41, 5.74) is 7.24. The highest BCUT2D eigenvalue weighted by molar-refractivity contribution is 5.96. The van der Waals surface area contributed by atoms with Crippen molar-refractivity contribution in [2.45, 2.75) is 38.6 Å². The molecule has 0 aliphatic rings. The lowest BCUT2D eigenvalue weighted by Crippen LogP contribution is -2.35. The van der Waals surface area contributed by atoms with E-state index in [-0.39, 0.29) is 29.6 Å². The van der Waals surface area contributed by atoms with E-state index in [1.165, 1.54) is 30.0 Å². The average Bonchev–Trinajstić information content (AvgIpc) is 3.29. The van der Waals surface area contributed by atoms with Gasteiger partial charge in [0.25, 0.3) is 5.91 Å². The SMILES string of the molecule is COc1cc(F)cc2c1nc(N)n1nc([C@@H](C)CC[C@H](C)N(C)C(=O)c3cccnn3)nc21. The van der Waals surface area contributed by atoms with E-state index in [0.29, 0.717) is 28.1 Å². The minimum Gasteiger partial charge on any atom is -0.494 e. The zero-order valence-electron chi connectivity index (χ0n) is 18.9. The molecule has 2 atom stereocenters. The van der Waals surface area contributed by atoms with Gasteiger partial charge in [0.05, 0.1) is 12.5 Å². The van der Waals surface area contributed by atoms with Crippen LogP contribution in [0, 0.1) is 5.82 Å². The molecule has 0 saturated carbocycles. The lowest BCUT2D eigenvalue weighted by Gasteiger charge is -2.25. The smallest absolute Gasteiger partial charge is 0.274 e. The molecule has 0 radical (unpaired) electrons. The van der Waals surface area contributed by atoms with Crippen LogP contribution in [0.1, 0.15) is 48.9 Å². The highest BCUT2D eigenvalue weighted by Crippen LogP contribution is 2.30. The quantitative estimate of drug-likeness (QED) is 0.454. The highest BCUT2D eigenvalue weighted by atomic mass is 19.1. The van der Waals surface area contributed by atoms with Gasteiger partial charge in [-0.05, 0) is 38.0 Å². The van der Waals surface area contributed by atoms with Gasteiger partial charge in [0.2, 0.25) is 5.95 Å². The molecule has 3 heterocycles. The number of halogens is 1. The van der Waals surface area contributed by atoms with Crippen LogP contribution >= 0.6 is 0 Å². The third kappa shape index (κ3) is 4.26. The van der Waals surface area contributed by atoms with E-state index < -0.39 is 5.82 Å². The fourth-order valence-corrected chi connectivity index (χ4v) is 3.66. The van der Waals surface area contributed by atoms with Gasteiger partial charge in [-0.1, -0.05) is 6.92 Å². The number of carbonyl (C=O) groups is 1. The molecular weight excluding hydrogens is 427 g/mol. The number of nitrogen functional groups attached to an aromatic ring is 1. The molecule has 0 bridgehead atoms. The number of aromatic nitrogens is 6. The molecule has 0 aliphatic heterocycles. The Labute approximate surface area is 189 Å². The van der Waals surface area contributed by atoms with Gasteiger partial charge in [0, 0.05) is 31.3 Å². The maximum absolute atomic E-state index is 14.1. The van der Waals surface area contributed by atoms with E-state index in [2.05, 4.69) is 25.3 Å². The first-order chi connectivity index (χ1) is 15.8. The number of ether oxygens (including phenoxy) is 1. The zero-order valence-corrected chi connectivity index (χ0v) is 18.9. The summed E-state index contributed by atoms with van der Waals surface area (Å²) in [6.45, 7) is 3.97. The molecule has 3 aromatic heterocycles. The largest absolute Gasteiger partial charge is 0.494 e. The number of benzene rings is 1. The number of carbonyl (C=O) groups excluding carboxylic acids is 1. The van der Waals surface area contributed by atoms with Crippen LogP contribution in [0.25, 0.3) is 16.6 Å². The van der Waals surface area contributed by atoms with E-state index in [9.17, 15) is 9.18 Å². The Morgan fingerprint density at radius 3 is 2.76 bits per heavy atom. The van der Waals surface area contributed by atoms with Crippen molar-refractivity contribution in [1.29, 1.82) is 0 Å². The third-order valence-corrected chi connectivity index (χ3v) is 5.80. The number of fused-ring (bicyclic) bond motifs is 3. The monoisotopic (exact) mass is 452 g/mol. The van der Waals surface area contributed by atoms with Gasteiger partial charge >= 0.3 is 0 Å². The molecular formula is C22H25FN8O2. The van der Waals surface area contributed by atoms with Crippen LogP contribution in [0.4, 0.5) is 10.3 Å². The molecule has 1 amide bonds. The first-order valence-corrected chi connectivity index (χ1v) is 10.5. The van der Waals surface area contributed by atoms with Crippen LogP contribution in [0.3, 0.4) is 0 Å². The van der Waals surface area contributed by atoms with Crippen molar-refractivity contribution in [2.24, 2.45) is 0 Å². The van der Waals surface area contributed by atoms with Gasteiger partial charge in [0.1, 0.15) is 17.1 Å². The molecule has 4 rings (SSSR count). The van der Waals surface area contributed by atoms with E-state index in [4.69, 9.17) is 10.5 Å². The number of nitrogens with zero attached hydrogens (tertiary/aromatic N) is 7. The molecule has 172 valence electrons. The maximum Gasteiger partial charge on any atom is 0.274 e. The van der Waals surface area contributed by atoms with Gasteiger partial charge in [-0.15, -0.1) is 10.2 Å². The Hall–Kier alpha value is -3.89. The molecule has 0 saturated heterocycles. The Morgan fingerprint density at radius 1 is 1.27 bits per heavy atom. The molecule has 0 spiro atoms. The fraction of sp³-hybridized carbons (Fsp3) is 0.364. The predicted octanol–water partition coefficient (Wildman–Crippen LogP) is 2.84. The first-order valence-electron chi connectivity index (χ1n) is 10.5. The van der Waals surface area contributed by atoms with Crippen LogP contribution in [-0.2, 0) is 0 Å². The first kappa shape index (κ1) is 22.3. The van der Waals surface area contributed by atoms with Gasteiger partial charge in [0.15, 0.2) is 17.2 Å². The summed E-state index contributed by atoms with van der Waals surface area (Å²) in [7, 11) is 3.19. The Kier molecular flexibility index (Phi) is 6.03. The second kappa shape index (κ2) is 8.93. The van der Waals surface area contributed by atoms with Crippen molar-refractivity contribution >= 4 is 28.4 Å². The third-order valence-electron chi connectivity index (χ3n) is 5.80. The number of rotatable bonds is 7. The lowest BCUT2D eigenvalue weighted by molar-refractivity contribution is 0.0727. The Bertz CT molecular complexity index is 1310.